The van der Waals surface area contributed by atoms with Gasteiger partial charge in [0.05, 0.1) is 11.1 Å². The topological polar surface area (TPSA) is 129 Å². The molecule has 0 heterocycles. The number of hydrogen-bond donors (Lipinski definition) is 3. The van der Waals surface area contributed by atoms with E-state index in [0.29, 0.717) is 6.07 Å². The summed E-state index contributed by atoms with van der Waals surface area (Å²) in [6.45, 7) is 0. The molecule has 0 bridgehead atoms. The van der Waals surface area contributed by atoms with E-state index in [1.54, 1.807) is 0 Å². The zero-order valence-electron chi connectivity index (χ0n) is 9.77. The number of carboxylic acid groups (broad SMARTS) is 2. The third-order valence-electron chi connectivity index (χ3n) is 2.73. The van der Waals surface area contributed by atoms with Gasteiger partial charge < -0.3 is 10.2 Å². The summed E-state index contributed by atoms with van der Waals surface area (Å²) in [6, 6.07) is 6.21. The molecule has 0 unspecified atom stereocenters. The summed E-state index contributed by atoms with van der Waals surface area (Å²) in [6.07, 6.45) is 0. The molecule has 2 aromatic rings. The van der Waals surface area contributed by atoms with Gasteiger partial charge in [-0.25, -0.2) is 9.59 Å². The second-order valence-corrected chi connectivity index (χ2v) is 5.32. The molecule has 0 aliphatic heterocycles. The van der Waals surface area contributed by atoms with Gasteiger partial charge in [-0.15, -0.1) is 0 Å². The molecule has 20 heavy (non-hydrogen) atoms. The largest absolute Gasteiger partial charge is 0.478 e. The van der Waals surface area contributed by atoms with Gasteiger partial charge in [0.25, 0.3) is 10.1 Å². The SMILES string of the molecule is O=C(O)c1cc(S(=O)(=O)O)c(C(=O)O)c2ccccc12. The Hall–Kier alpha value is -2.45. The molecule has 0 aliphatic rings. The minimum atomic E-state index is -4.87. The smallest absolute Gasteiger partial charge is 0.337 e. The normalized spacial score (nSPS) is 11.4. The first-order valence-corrected chi connectivity index (χ1v) is 6.67. The van der Waals surface area contributed by atoms with Crippen LogP contribution in [0.4, 0.5) is 0 Å². The van der Waals surface area contributed by atoms with Crippen molar-refractivity contribution in [3.05, 3.63) is 41.5 Å². The van der Waals surface area contributed by atoms with Crippen LogP contribution in [0.25, 0.3) is 10.8 Å². The van der Waals surface area contributed by atoms with Gasteiger partial charge in [-0.1, -0.05) is 24.3 Å². The first-order chi connectivity index (χ1) is 9.23. The summed E-state index contributed by atoms with van der Waals surface area (Å²) in [4.78, 5) is 21.4. The lowest BCUT2D eigenvalue weighted by atomic mass is 9.99. The number of rotatable bonds is 3. The summed E-state index contributed by atoms with van der Waals surface area (Å²) < 4.78 is 31.7. The van der Waals surface area contributed by atoms with Gasteiger partial charge in [-0.2, -0.15) is 8.42 Å². The molecule has 0 atom stereocenters. The van der Waals surface area contributed by atoms with E-state index < -0.39 is 38.1 Å². The molecule has 7 nitrogen and oxygen atoms in total. The molecule has 8 heteroatoms. The van der Waals surface area contributed by atoms with Gasteiger partial charge in [0, 0.05) is 0 Å². The second-order valence-electron chi connectivity index (χ2n) is 3.93. The molecule has 0 amide bonds. The molecule has 2 rings (SSSR count). The van der Waals surface area contributed by atoms with Crippen LogP contribution in [0.15, 0.2) is 35.2 Å². The predicted octanol–water partition coefficient (Wildman–Crippen LogP) is 1.48. The lowest BCUT2D eigenvalue weighted by Gasteiger charge is -2.10. The molecule has 0 spiro atoms. The lowest BCUT2D eigenvalue weighted by Crippen LogP contribution is -2.12. The maximum absolute atomic E-state index is 11.3. The summed E-state index contributed by atoms with van der Waals surface area (Å²) in [5.74, 6) is -3.01. The highest BCUT2D eigenvalue weighted by Crippen LogP contribution is 2.29. The molecular formula is C12H8O7S. The Morgan fingerprint density at radius 1 is 0.950 bits per heavy atom. The van der Waals surface area contributed by atoms with Gasteiger partial charge in [0.2, 0.25) is 0 Å². The Bertz CT molecular complexity index is 836. The molecular weight excluding hydrogens is 288 g/mol. The first-order valence-electron chi connectivity index (χ1n) is 5.23. The quantitative estimate of drug-likeness (QED) is 0.731. The molecule has 104 valence electrons. The second kappa shape index (κ2) is 4.58. The maximum atomic E-state index is 11.3. The van der Waals surface area contributed by atoms with Crippen molar-refractivity contribution in [3.8, 4) is 0 Å². The predicted molar refractivity (Wildman–Crippen MR) is 67.7 cm³/mol. The van der Waals surface area contributed by atoms with E-state index in [4.69, 9.17) is 14.8 Å². The van der Waals surface area contributed by atoms with Gasteiger partial charge in [-0.3, -0.25) is 4.55 Å². The molecule has 0 saturated heterocycles. The Kier molecular flexibility index (Phi) is 3.20. The van der Waals surface area contributed by atoms with Crippen molar-refractivity contribution in [1.82, 2.24) is 0 Å². The first kappa shape index (κ1) is 14.0. The fourth-order valence-electron chi connectivity index (χ4n) is 1.95. The molecule has 0 fully saturated rings. The van der Waals surface area contributed by atoms with Gasteiger partial charge in [0.15, 0.2) is 0 Å². The van der Waals surface area contributed by atoms with Gasteiger partial charge in [-0.05, 0) is 16.8 Å². The highest BCUT2D eigenvalue weighted by Gasteiger charge is 2.26. The van der Waals surface area contributed by atoms with Crippen LogP contribution in [0.5, 0.6) is 0 Å². The minimum absolute atomic E-state index is 0.0739. The number of carboxylic acids is 2. The number of benzene rings is 2. The van der Waals surface area contributed by atoms with Crippen LogP contribution in [-0.4, -0.2) is 35.1 Å². The summed E-state index contributed by atoms with van der Waals surface area (Å²) in [5, 5.41) is 18.2. The fraction of sp³-hybridized carbons (Fsp3) is 0. The highest BCUT2D eigenvalue weighted by atomic mass is 32.2. The monoisotopic (exact) mass is 296 g/mol. The highest BCUT2D eigenvalue weighted by molar-refractivity contribution is 7.86. The molecule has 0 saturated carbocycles. The molecule has 0 radical (unpaired) electrons. The molecule has 0 aliphatic carbocycles. The molecule has 3 N–H and O–H groups in total. The Labute approximate surface area is 112 Å². The van der Waals surface area contributed by atoms with Crippen molar-refractivity contribution < 1.29 is 32.8 Å². The maximum Gasteiger partial charge on any atom is 0.337 e. The van der Waals surface area contributed by atoms with Crippen molar-refractivity contribution in [2.75, 3.05) is 0 Å². The van der Waals surface area contributed by atoms with E-state index in [-0.39, 0.29) is 10.8 Å². The zero-order valence-corrected chi connectivity index (χ0v) is 10.6. The van der Waals surface area contributed by atoms with Crippen LogP contribution in [0.1, 0.15) is 20.7 Å². The minimum Gasteiger partial charge on any atom is -0.478 e. The standard InChI is InChI=1S/C12H8O7S/c13-11(14)8-5-9(20(17,18)19)10(12(15)16)7-4-2-1-3-6(7)8/h1-5H,(H,13,14)(H,15,16)(H,17,18,19). The Morgan fingerprint density at radius 2 is 1.50 bits per heavy atom. The fourth-order valence-corrected chi connectivity index (χ4v) is 2.67. The third kappa shape index (κ3) is 2.22. The van der Waals surface area contributed by atoms with E-state index in [2.05, 4.69) is 0 Å². The van der Waals surface area contributed by atoms with Crippen LogP contribution in [0.2, 0.25) is 0 Å². The Balaban J connectivity index is 3.11. The third-order valence-corrected chi connectivity index (χ3v) is 3.61. The van der Waals surface area contributed by atoms with E-state index in [0.717, 1.165) is 0 Å². The van der Waals surface area contributed by atoms with Gasteiger partial charge in [0.1, 0.15) is 4.90 Å². The lowest BCUT2D eigenvalue weighted by molar-refractivity contribution is 0.0681. The number of fused-ring (bicyclic) bond motifs is 1. The Morgan fingerprint density at radius 3 is 1.95 bits per heavy atom. The van der Waals surface area contributed by atoms with Crippen LogP contribution in [0.3, 0.4) is 0 Å². The number of hydrogen-bond acceptors (Lipinski definition) is 4. The van der Waals surface area contributed by atoms with Crippen LogP contribution >= 0.6 is 0 Å². The number of aromatic carboxylic acids is 2. The van der Waals surface area contributed by atoms with E-state index >= 15 is 0 Å². The van der Waals surface area contributed by atoms with E-state index in [9.17, 15) is 18.0 Å². The van der Waals surface area contributed by atoms with Crippen molar-refractivity contribution in [2.45, 2.75) is 4.90 Å². The number of carbonyl (C=O) groups is 2. The average molecular weight is 296 g/mol. The van der Waals surface area contributed by atoms with E-state index in [1.807, 2.05) is 0 Å². The van der Waals surface area contributed by atoms with E-state index in [1.165, 1.54) is 24.3 Å². The van der Waals surface area contributed by atoms with Crippen molar-refractivity contribution >= 4 is 32.8 Å². The van der Waals surface area contributed by atoms with Crippen LogP contribution in [-0.2, 0) is 10.1 Å². The van der Waals surface area contributed by atoms with Crippen molar-refractivity contribution in [1.29, 1.82) is 0 Å². The molecule has 2 aromatic carbocycles. The van der Waals surface area contributed by atoms with Crippen molar-refractivity contribution in [3.63, 3.8) is 0 Å². The summed E-state index contributed by atoms with van der Waals surface area (Å²) >= 11 is 0. The van der Waals surface area contributed by atoms with Crippen LogP contribution in [0, 0.1) is 0 Å². The van der Waals surface area contributed by atoms with Crippen LogP contribution < -0.4 is 0 Å². The summed E-state index contributed by atoms with van der Waals surface area (Å²) in [7, 11) is -4.87. The van der Waals surface area contributed by atoms with Crippen molar-refractivity contribution in [2.24, 2.45) is 0 Å². The molecule has 0 aromatic heterocycles. The summed E-state index contributed by atoms with van der Waals surface area (Å²) in [5.41, 5.74) is -1.06. The zero-order chi connectivity index (χ0) is 15.1. The average Bonchev–Trinajstić information content (AvgIpc) is 2.34. The van der Waals surface area contributed by atoms with Gasteiger partial charge >= 0.3 is 11.9 Å².